The van der Waals surface area contributed by atoms with Crippen LogP contribution in [0.1, 0.15) is 17.0 Å². The number of benzene rings is 12. The van der Waals surface area contributed by atoms with Gasteiger partial charge in [0.05, 0.1) is 38.8 Å². The van der Waals surface area contributed by atoms with Crippen LogP contribution < -0.4 is 0 Å². The molecule has 93 heavy (non-hydrogen) atoms. The maximum atomic E-state index is 5.56. The summed E-state index contributed by atoms with van der Waals surface area (Å²) < 4.78 is 7.46. The Morgan fingerprint density at radius 2 is 0.785 bits per heavy atom. The molecule has 6 nitrogen and oxygen atoms in total. The van der Waals surface area contributed by atoms with E-state index in [-0.39, 0.29) is 0 Å². The lowest BCUT2D eigenvalue weighted by molar-refractivity contribution is 1.04. The molecule has 438 valence electrons. The second kappa shape index (κ2) is 23.8. The molecular weight excluding hydrogens is 1130 g/mol. The molecule has 4 aromatic heterocycles. The van der Waals surface area contributed by atoms with Crippen LogP contribution in [0.2, 0.25) is 0 Å². The SMILES string of the molecule is C=C/C=C(\C=C)c1cc(-c2ccccc2)cc(-c2nc(/C(C=C)=C/C=C/c3ccccc3)nc(-c3cc(-c4ccccc4)c(-n4c5ccccc5c5c4ccc4c6ccc7c(c8ccccc8n7-c7ccccc7)c6n(-c6ccccc6)c45)c(-c4ccccc4)c3)n2)c1. The van der Waals surface area contributed by atoms with Gasteiger partial charge in [-0.25, -0.2) is 15.0 Å². The average Bonchev–Trinajstić information content (AvgIpc) is 1.53. The van der Waals surface area contributed by atoms with E-state index in [1.807, 2.05) is 54.6 Å². The van der Waals surface area contributed by atoms with Gasteiger partial charge in [-0.1, -0.05) is 269 Å². The number of hydrogen-bond donors (Lipinski definition) is 0. The van der Waals surface area contributed by atoms with Gasteiger partial charge in [0.15, 0.2) is 17.5 Å². The number of fused-ring (bicyclic) bond motifs is 11. The van der Waals surface area contributed by atoms with E-state index >= 15 is 0 Å². The van der Waals surface area contributed by atoms with Crippen molar-refractivity contribution in [2.75, 3.05) is 0 Å². The first-order valence-corrected chi connectivity index (χ1v) is 31.3. The van der Waals surface area contributed by atoms with Crippen LogP contribution in [-0.2, 0) is 0 Å². The van der Waals surface area contributed by atoms with E-state index in [1.165, 1.54) is 27.1 Å². The van der Waals surface area contributed by atoms with Crippen LogP contribution in [0.5, 0.6) is 0 Å². The molecule has 0 fully saturated rings. The van der Waals surface area contributed by atoms with Crippen molar-refractivity contribution in [1.82, 2.24) is 28.7 Å². The van der Waals surface area contributed by atoms with Crippen molar-refractivity contribution in [1.29, 1.82) is 0 Å². The zero-order chi connectivity index (χ0) is 62.4. The van der Waals surface area contributed by atoms with Crippen LogP contribution in [0.4, 0.5) is 0 Å². The summed E-state index contributed by atoms with van der Waals surface area (Å²) >= 11 is 0. The highest BCUT2D eigenvalue weighted by atomic mass is 15.1. The maximum absolute atomic E-state index is 5.56. The summed E-state index contributed by atoms with van der Waals surface area (Å²) in [6.07, 6.45) is 13.6. The number of para-hydroxylation sites is 4. The van der Waals surface area contributed by atoms with Gasteiger partial charge in [0.1, 0.15) is 0 Å². The molecule has 16 aromatic rings. The van der Waals surface area contributed by atoms with Crippen molar-refractivity contribution < 1.29 is 0 Å². The summed E-state index contributed by atoms with van der Waals surface area (Å²) in [6.45, 7) is 12.6. The Balaban J connectivity index is 0.999. The minimum Gasteiger partial charge on any atom is -0.309 e. The van der Waals surface area contributed by atoms with Crippen molar-refractivity contribution in [3.63, 3.8) is 0 Å². The van der Waals surface area contributed by atoms with Gasteiger partial charge in [-0.3, -0.25) is 0 Å². The smallest absolute Gasteiger partial charge is 0.164 e. The molecule has 16 rings (SSSR count). The van der Waals surface area contributed by atoms with Gasteiger partial charge in [-0.05, 0) is 118 Å². The first kappa shape index (κ1) is 55.8. The van der Waals surface area contributed by atoms with Crippen LogP contribution in [0, 0.1) is 0 Å². The molecule has 0 aliphatic rings. The Labute approximate surface area is 539 Å². The van der Waals surface area contributed by atoms with Crippen LogP contribution in [-0.4, -0.2) is 28.7 Å². The van der Waals surface area contributed by atoms with Crippen molar-refractivity contribution in [2.24, 2.45) is 0 Å². The highest BCUT2D eigenvalue weighted by Gasteiger charge is 2.28. The lowest BCUT2D eigenvalue weighted by atomic mass is 9.92. The van der Waals surface area contributed by atoms with Crippen molar-refractivity contribution >= 4 is 82.6 Å². The third-order valence-corrected chi connectivity index (χ3v) is 17.8. The van der Waals surface area contributed by atoms with E-state index in [1.54, 1.807) is 6.08 Å². The molecule has 0 radical (unpaired) electrons. The molecule has 0 saturated heterocycles. The average molecular weight is 1190 g/mol. The predicted octanol–water partition coefficient (Wildman–Crippen LogP) is 22.5. The first-order chi connectivity index (χ1) is 46.0. The molecule has 0 aliphatic carbocycles. The van der Waals surface area contributed by atoms with E-state index in [4.69, 9.17) is 15.0 Å². The highest BCUT2D eigenvalue weighted by molar-refractivity contribution is 6.32. The zero-order valence-electron chi connectivity index (χ0n) is 51.0. The van der Waals surface area contributed by atoms with Gasteiger partial charge in [0.2, 0.25) is 0 Å². The van der Waals surface area contributed by atoms with Gasteiger partial charge in [-0.2, -0.15) is 0 Å². The standard InChI is InChI=1S/C87H60N6/c1-4-30-59(5-2)64-53-65(61-34-15-8-16-35-61)55-66(54-64)86-88-85(60(6-3)40-29-33-58-31-13-7-14-32-58)89-87(90-86)67-56-74(62-36-17-9-18-37-62)82(75(57-67)63-38-19-10-20-39-63)93-77-48-28-26-46-73(77)81-79(93)52-50-71-70-49-51-78-80(83(70)92(84(71)81)69-43-23-12-24-44-69)72-45-25-27-47-76(72)91(78)68-41-21-11-22-42-68/h4-57H,1-3H2/b33-29+,59-30+,60-40+. The van der Waals surface area contributed by atoms with Gasteiger partial charge in [0, 0.05) is 71.5 Å². The molecule has 0 atom stereocenters. The van der Waals surface area contributed by atoms with Crippen LogP contribution in [0.3, 0.4) is 0 Å². The fraction of sp³-hybridized carbons (Fsp3) is 0. The molecule has 12 aromatic carbocycles. The zero-order valence-corrected chi connectivity index (χ0v) is 51.0. The minimum atomic E-state index is 0.480. The second-order valence-electron chi connectivity index (χ2n) is 23.2. The Morgan fingerprint density at radius 1 is 0.333 bits per heavy atom. The van der Waals surface area contributed by atoms with Gasteiger partial charge in [0.25, 0.3) is 0 Å². The van der Waals surface area contributed by atoms with E-state index in [0.717, 1.165) is 122 Å². The lowest BCUT2D eigenvalue weighted by Gasteiger charge is -2.21. The summed E-state index contributed by atoms with van der Waals surface area (Å²) in [7, 11) is 0. The second-order valence-corrected chi connectivity index (χ2v) is 23.2. The molecule has 0 bridgehead atoms. The van der Waals surface area contributed by atoms with E-state index in [2.05, 4.69) is 300 Å². The van der Waals surface area contributed by atoms with E-state index < -0.39 is 0 Å². The first-order valence-electron chi connectivity index (χ1n) is 31.3. The van der Waals surface area contributed by atoms with Crippen molar-refractivity contribution in [3.8, 4) is 73.2 Å². The molecule has 6 heteroatoms. The summed E-state index contributed by atoms with van der Waals surface area (Å²) in [5.41, 5.74) is 21.4. The van der Waals surface area contributed by atoms with Crippen LogP contribution in [0.15, 0.2) is 341 Å². The fourth-order valence-corrected chi connectivity index (χ4v) is 13.7. The third-order valence-electron chi connectivity index (χ3n) is 17.8. The van der Waals surface area contributed by atoms with Crippen molar-refractivity contribution in [3.05, 3.63) is 358 Å². The molecule has 0 aliphatic heterocycles. The Kier molecular flexibility index (Phi) is 14.3. The Bertz CT molecular complexity index is 5630. The van der Waals surface area contributed by atoms with Gasteiger partial charge < -0.3 is 13.7 Å². The fourth-order valence-electron chi connectivity index (χ4n) is 13.7. The molecule has 4 heterocycles. The molecular formula is C87H60N6. The predicted molar refractivity (Wildman–Crippen MR) is 392 cm³/mol. The van der Waals surface area contributed by atoms with E-state index in [0.29, 0.717) is 17.5 Å². The Morgan fingerprint density at radius 3 is 1.32 bits per heavy atom. The summed E-state index contributed by atoms with van der Waals surface area (Å²) in [4.78, 5) is 16.4. The number of rotatable bonds is 15. The number of hydrogen-bond acceptors (Lipinski definition) is 3. The largest absolute Gasteiger partial charge is 0.309 e. The topological polar surface area (TPSA) is 53.5 Å². The monoisotopic (exact) mass is 1190 g/mol. The molecule has 0 spiro atoms. The Hall–Kier alpha value is -12.5. The summed E-state index contributed by atoms with van der Waals surface area (Å²) in [5, 5.41) is 7.06. The van der Waals surface area contributed by atoms with E-state index in [9.17, 15) is 0 Å². The molecule has 0 amide bonds. The molecule has 0 saturated carbocycles. The molecule has 0 unspecified atom stereocenters. The van der Waals surface area contributed by atoms with Crippen LogP contribution in [0.25, 0.3) is 156 Å². The maximum Gasteiger partial charge on any atom is 0.164 e. The third kappa shape index (κ3) is 9.82. The van der Waals surface area contributed by atoms with Gasteiger partial charge in [-0.15, -0.1) is 0 Å². The lowest BCUT2D eigenvalue weighted by Crippen LogP contribution is -2.05. The van der Waals surface area contributed by atoms with Gasteiger partial charge >= 0.3 is 0 Å². The quantitative estimate of drug-likeness (QED) is 0.0961. The number of allylic oxidation sites excluding steroid dienone is 8. The number of nitrogens with zero attached hydrogens (tertiary/aromatic N) is 6. The molecule has 0 N–H and O–H groups in total. The highest BCUT2D eigenvalue weighted by Crippen LogP contribution is 2.49. The van der Waals surface area contributed by atoms with Crippen LogP contribution >= 0.6 is 0 Å². The summed E-state index contributed by atoms with van der Waals surface area (Å²) in [5.74, 6) is 1.49. The minimum absolute atomic E-state index is 0.480. The normalized spacial score (nSPS) is 12.1. The summed E-state index contributed by atoms with van der Waals surface area (Å²) in [6, 6.07) is 102. The van der Waals surface area contributed by atoms with Crippen molar-refractivity contribution in [2.45, 2.75) is 0 Å². The number of aromatic nitrogens is 6.